The van der Waals surface area contributed by atoms with E-state index in [9.17, 15) is 4.79 Å². The molecule has 0 radical (unpaired) electrons. The lowest BCUT2D eigenvalue weighted by Crippen LogP contribution is -2.50. The molecule has 0 spiro atoms. The Hall–Kier alpha value is -1.58. The first-order chi connectivity index (χ1) is 11.7. The van der Waals surface area contributed by atoms with Crippen molar-refractivity contribution in [2.75, 3.05) is 6.54 Å². The summed E-state index contributed by atoms with van der Waals surface area (Å²) in [4.78, 5) is 22.9. The van der Waals surface area contributed by atoms with Crippen LogP contribution in [0.3, 0.4) is 0 Å². The van der Waals surface area contributed by atoms with Crippen molar-refractivity contribution in [2.45, 2.75) is 58.3 Å². The molecule has 0 unspecified atom stereocenters. The van der Waals surface area contributed by atoms with Crippen molar-refractivity contribution in [2.24, 2.45) is 0 Å². The summed E-state index contributed by atoms with van der Waals surface area (Å²) in [6.45, 7) is 8.14. The molecule has 2 atom stereocenters. The van der Waals surface area contributed by atoms with E-state index in [0.717, 1.165) is 16.5 Å². The van der Waals surface area contributed by atoms with Gasteiger partial charge in [0.05, 0.1) is 12.7 Å². The van der Waals surface area contributed by atoms with Crippen molar-refractivity contribution in [1.29, 1.82) is 0 Å². The maximum atomic E-state index is 12.5. The Labute approximate surface area is 160 Å². The topological polar surface area (TPSA) is 69.0 Å². The van der Waals surface area contributed by atoms with Crippen molar-refractivity contribution >= 4 is 34.3 Å². The summed E-state index contributed by atoms with van der Waals surface area (Å²) in [7, 11) is 0. The Morgan fingerprint density at radius 3 is 2.80 bits per heavy atom. The normalized spacial score (nSPS) is 21.4. The van der Waals surface area contributed by atoms with E-state index in [2.05, 4.69) is 32.6 Å². The van der Waals surface area contributed by atoms with Crippen LogP contribution in [-0.4, -0.2) is 49.7 Å². The molecule has 1 saturated heterocycles. The number of hydrogen-bond donors (Lipinski definition) is 0. The summed E-state index contributed by atoms with van der Waals surface area (Å²) in [5.41, 5.74) is 0.180. The van der Waals surface area contributed by atoms with Crippen LogP contribution in [0.2, 0.25) is 0 Å². The van der Waals surface area contributed by atoms with Crippen molar-refractivity contribution in [3.05, 3.63) is 22.3 Å². The van der Waals surface area contributed by atoms with Gasteiger partial charge in [0.25, 0.3) is 5.88 Å². The van der Waals surface area contributed by atoms with Gasteiger partial charge in [0.1, 0.15) is 15.4 Å². The molecule has 7 nitrogen and oxygen atoms in total. The number of imidazole rings is 1. The molecule has 1 fully saturated rings. The number of hydrogen-bond acceptors (Lipinski definition) is 5. The maximum Gasteiger partial charge on any atom is 0.410 e. The fourth-order valence-corrected chi connectivity index (χ4v) is 3.38. The SMILES string of the molecule is C[C@@H]1CC[C@@H](Oc2nccn3c(I)cnc23)CN1C(=O)OC(C)(C)C. The van der Waals surface area contributed by atoms with E-state index in [1.54, 1.807) is 17.3 Å². The van der Waals surface area contributed by atoms with Crippen molar-refractivity contribution in [1.82, 2.24) is 19.3 Å². The van der Waals surface area contributed by atoms with Crippen LogP contribution >= 0.6 is 22.6 Å². The number of amides is 1. The van der Waals surface area contributed by atoms with Crippen LogP contribution in [0.4, 0.5) is 4.79 Å². The molecule has 25 heavy (non-hydrogen) atoms. The van der Waals surface area contributed by atoms with Gasteiger partial charge in [0, 0.05) is 18.4 Å². The third-order valence-electron chi connectivity index (χ3n) is 4.10. The minimum atomic E-state index is -0.510. The first-order valence-electron chi connectivity index (χ1n) is 8.38. The molecular weight excluding hydrogens is 435 g/mol. The van der Waals surface area contributed by atoms with Gasteiger partial charge in [0.2, 0.25) is 5.65 Å². The smallest absolute Gasteiger partial charge is 0.410 e. The zero-order chi connectivity index (χ0) is 18.2. The average Bonchev–Trinajstić information content (AvgIpc) is 2.90. The second-order valence-corrected chi connectivity index (χ2v) is 8.41. The van der Waals surface area contributed by atoms with Crippen LogP contribution in [0.5, 0.6) is 5.88 Å². The second kappa shape index (κ2) is 6.97. The summed E-state index contributed by atoms with van der Waals surface area (Å²) in [5, 5.41) is 0. The molecule has 2 aromatic rings. The van der Waals surface area contributed by atoms with Gasteiger partial charge in [-0.15, -0.1) is 0 Å². The second-order valence-electron chi connectivity index (χ2n) is 7.31. The molecule has 3 rings (SSSR count). The Morgan fingerprint density at radius 2 is 2.08 bits per heavy atom. The molecule has 3 heterocycles. The number of carbonyl (C=O) groups is 1. The van der Waals surface area contributed by atoms with E-state index in [-0.39, 0.29) is 18.2 Å². The largest absolute Gasteiger partial charge is 0.470 e. The fraction of sp³-hybridized carbons (Fsp3) is 0.588. The molecule has 0 N–H and O–H groups in total. The number of nitrogens with zero attached hydrogens (tertiary/aromatic N) is 4. The molecule has 8 heteroatoms. The number of halogens is 1. The van der Waals surface area contributed by atoms with Gasteiger partial charge < -0.3 is 14.4 Å². The summed E-state index contributed by atoms with van der Waals surface area (Å²) in [6, 6.07) is 0.130. The van der Waals surface area contributed by atoms with Crippen molar-refractivity contribution in [3.8, 4) is 5.88 Å². The van der Waals surface area contributed by atoms with E-state index in [1.165, 1.54) is 0 Å². The lowest BCUT2D eigenvalue weighted by atomic mass is 10.0. The zero-order valence-electron chi connectivity index (χ0n) is 14.9. The predicted octanol–water partition coefficient (Wildman–Crippen LogP) is 3.50. The molecule has 136 valence electrons. The highest BCUT2D eigenvalue weighted by Gasteiger charge is 2.33. The highest BCUT2D eigenvalue weighted by molar-refractivity contribution is 14.1. The van der Waals surface area contributed by atoms with Crippen LogP contribution < -0.4 is 4.74 Å². The van der Waals surface area contributed by atoms with Gasteiger partial charge in [-0.3, -0.25) is 4.40 Å². The highest BCUT2D eigenvalue weighted by Crippen LogP contribution is 2.25. The first-order valence-corrected chi connectivity index (χ1v) is 9.46. The Bertz CT molecular complexity index is 771. The Balaban J connectivity index is 1.74. The molecule has 1 amide bonds. The third kappa shape index (κ3) is 4.16. The average molecular weight is 458 g/mol. The molecule has 0 aliphatic carbocycles. The standard InChI is InChI=1S/C17H23IN4O3/c1-11-5-6-12(10-22(11)16(23)25-17(2,3)4)24-15-14-20-9-13(18)21(14)8-7-19-15/h7-9,11-12H,5-6,10H2,1-4H3/t11-,12-/m1/s1. The first kappa shape index (κ1) is 18.2. The van der Waals surface area contributed by atoms with Crippen LogP contribution in [0.1, 0.15) is 40.5 Å². The molecule has 0 bridgehead atoms. The molecule has 0 aromatic carbocycles. The van der Waals surface area contributed by atoms with Gasteiger partial charge >= 0.3 is 6.09 Å². The van der Waals surface area contributed by atoms with Crippen molar-refractivity contribution in [3.63, 3.8) is 0 Å². The quantitative estimate of drug-likeness (QED) is 0.645. The van der Waals surface area contributed by atoms with E-state index >= 15 is 0 Å². The van der Waals surface area contributed by atoms with Crippen LogP contribution in [0.15, 0.2) is 18.6 Å². The zero-order valence-corrected chi connectivity index (χ0v) is 17.1. The summed E-state index contributed by atoms with van der Waals surface area (Å²) < 4.78 is 14.5. The molecule has 1 aliphatic heterocycles. The minimum absolute atomic E-state index is 0.128. The number of rotatable bonds is 2. The van der Waals surface area contributed by atoms with Gasteiger partial charge in [-0.1, -0.05) is 0 Å². The summed E-state index contributed by atoms with van der Waals surface area (Å²) in [5.74, 6) is 0.495. The minimum Gasteiger partial charge on any atom is -0.470 e. The summed E-state index contributed by atoms with van der Waals surface area (Å²) in [6.07, 6.45) is 6.63. The van der Waals surface area contributed by atoms with Crippen LogP contribution in [0, 0.1) is 3.70 Å². The van der Waals surface area contributed by atoms with Gasteiger partial charge in [-0.05, 0) is 63.1 Å². The highest BCUT2D eigenvalue weighted by atomic mass is 127. The van der Waals surface area contributed by atoms with E-state index < -0.39 is 5.60 Å². The fourth-order valence-electron chi connectivity index (χ4n) is 2.85. The number of fused-ring (bicyclic) bond motifs is 1. The Morgan fingerprint density at radius 1 is 1.32 bits per heavy atom. The number of likely N-dealkylation sites (tertiary alicyclic amines) is 1. The van der Waals surface area contributed by atoms with Gasteiger partial charge in [-0.2, -0.15) is 0 Å². The van der Waals surface area contributed by atoms with E-state index in [4.69, 9.17) is 9.47 Å². The molecule has 1 aliphatic rings. The number of carbonyl (C=O) groups excluding carboxylic acids is 1. The number of ether oxygens (including phenoxy) is 2. The van der Waals surface area contributed by atoms with Gasteiger partial charge in [0.15, 0.2) is 0 Å². The maximum absolute atomic E-state index is 12.5. The third-order valence-corrected chi connectivity index (χ3v) is 4.89. The molecule has 2 aromatic heterocycles. The number of aromatic nitrogens is 3. The van der Waals surface area contributed by atoms with E-state index in [1.807, 2.05) is 38.3 Å². The van der Waals surface area contributed by atoms with Gasteiger partial charge in [-0.25, -0.2) is 14.8 Å². The monoisotopic (exact) mass is 458 g/mol. The molecule has 0 saturated carbocycles. The van der Waals surface area contributed by atoms with Crippen LogP contribution in [0.25, 0.3) is 5.65 Å². The predicted molar refractivity (Wildman–Crippen MR) is 102 cm³/mol. The van der Waals surface area contributed by atoms with Crippen molar-refractivity contribution < 1.29 is 14.3 Å². The van der Waals surface area contributed by atoms with E-state index in [0.29, 0.717) is 18.1 Å². The lowest BCUT2D eigenvalue weighted by Gasteiger charge is -2.38. The molecular formula is C17H23IN4O3. The lowest BCUT2D eigenvalue weighted by molar-refractivity contribution is -0.00581. The van der Waals surface area contributed by atoms with Crippen LogP contribution in [-0.2, 0) is 4.74 Å². The summed E-state index contributed by atoms with van der Waals surface area (Å²) >= 11 is 2.22. The number of piperidine rings is 1. The Kier molecular flexibility index (Phi) is 5.08.